The third-order valence-electron chi connectivity index (χ3n) is 2.86. The zero-order valence-electron chi connectivity index (χ0n) is 9.96. The molecule has 0 radical (unpaired) electrons. The number of aromatic nitrogens is 1. The summed E-state index contributed by atoms with van der Waals surface area (Å²) in [6.45, 7) is 0. The highest BCUT2D eigenvalue weighted by molar-refractivity contribution is 6.24. The molecule has 0 amide bonds. The SMILES string of the molecule is O=C1C=C(Nc2ccccc2)C(=O)c2ncccc21. The quantitative estimate of drug-likeness (QED) is 0.889. The fraction of sp³-hybridized carbons (Fsp3) is 0. The first-order valence-electron chi connectivity index (χ1n) is 5.83. The van der Waals surface area contributed by atoms with E-state index in [9.17, 15) is 9.59 Å². The molecule has 0 atom stereocenters. The molecular weight excluding hydrogens is 240 g/mol. The molecule has 1 N–H and O–H groups in total. The maximum atomic E-state index is 12.2. The van der Waals surface area contributed by atoms with Crippen LogP contribution in [0.2, 0.25) is 0 Å². The Morgan fingerprint density at radius 3 is 2.53 bits per heavy atom. The normalized spacial score (nSPS) is 13.8. The minimum Gasteiger partial charge on any atom is -0.352 e. The third kappa shape index (κ3) is 2.04. The van der Waals surface area contributed by atoms with Crippen LogP contribution in [0.3, 0.4) is 0 Å². The number of carbonyl (C=O) groups is 2. The molecule has 1 aromatic heterocycles. The number of Topliss-reactive ketones (excluding diaryl/α,β-unsaturated/α-hetero) is 1. The van der Waals surface area contributed by atoms with E-state index in [2.05, 4.69) is 10.3 Å². The van der Waals surface area contributed by atoms with Crippen molar-refractivity contribution < 1.29 is 9.59 Å². The van der Waals surface area contributed by atoms with E-state index in [1.54, 1.807) is 12.1 Å². The van der Waals surface area contributed by atoms with Crippen molar-refractivity contribution in [3.63, 3.8) is 0 Å². The molecule has 3 rings (SSSR count). The average molecular weight is 250 g/mol. The van der Waals surface area contributed by atoms with E-state index in [-0.39, 0.29) is 23.0 Å². The van der Waals surface area contributed by atoms with Crippen molar-refractivity contribution in [1.29, 1.82) is 0 Å². The van der Waals surface area contributed by atoms with E-state index < -0.39 is 0 Å². The van der Waals surface area contributed by atoms with E-state index in [1.165, 1.54) is 12.3 Å². The van der Waals surface area contributed by atoms with E-state index in [0.29, 0.717) is 5.56 Å². The number of hydrogen-bond donors (Lipinski definition) is 1. The Labute approximate surface area is 109 Å². The lowest BCUT2D eigenvalue weighted by molar-refractivity contribution is 0.0981. The van der Waals surface area contributed by atoms with Crippen molar-refractivity contribution >= 4 is 17.3 Å². The fourth-order valence-corrected chi connectivity index (χ4v) is 1.96. The highest BCUT2D eigenvalue weighted by Crippen LogP contribution is 2.20. The van der Waals surface area contributed by atoms with Gasteiger partial charge in [-0.25, -0.2) is 0 Å². The van der Waals surface area contributed by atoms with Crippen molar-refractivity contribution in [2.75, 3.05) is 5.32 Å². The Balaban J connectivity index is 1.97. The van der Waals surface area contributed by atoms with E-state index in [0.717, 1.165) is 5.69 Å². The second kappa shape index (κ2) is 4.49. The molecular formula is C15H10N2O2. The number of nitrogens with one attached hydrogen (secondary N) is 1. The summed E-state index contributed by atoms with van der Waals surface area (Å²) >= 11 is 0. The fourth-order valence-electron chi connectivity index (χ4n) is 1.96. The second-order valence-corrected chi connectivity index (χ2v) is 4.14. The number of ketones is 2. The molecule has 1 heterocycles. The number of pyridine rings is 1. The maximum Gasteiger partial charge on any atom is 0.228 e. The summed E-state index contributed by atoms with van der Waals surface area (Å²) in [6, 6.07) is 12.5. The molecule has 0 aliphatic heterocycles. The first-order chi connectivity index (χ1) is 9.25. The lowest BCUT2D eigenvalue weighted by atomic mass is 9.97. The molecule has 0 spiro atoms. The minimum atomic E-state index is -0.265. The number of rotatable bonds is 2. The molecule has 92 valence electrons. The van der Waals surface area contributed by atoms with Crippen LogP contribution in [0.4, 0.5) is 5.69 Å². The monoisotopic (exact) mass is 250 g/mol. The number of para-hydroxylation sites is 1. The molecule has 0 fully saturated rings. The topological polar surface area (TPSA) is 59.1 Å². The Morgan fingerprint density at radius 1 is 0.947 bits per heavy atom. The van der Waals surface area contributed by atoms with Crippen LogP contribution < -0.4 is 5.32 Å². The number of anilines is 1. The first kappa shape index (κ1) is 11.3. The summed E-state index contributed by atoms with van der Waals surface area (Å²) in [5.74, 6) is -0.472. The van der Waals surface area contributed by atoms with Crippen molar-refractivity contribution in [2.24, 2.45) is 0 Å². The van der Waals surface area contributed by atoms with Crippen LogP contribution in [0.15, 0.2) is 60.4 Å². The molecule has 19 heavy (non-hydrogen) atoms. The Morgan fingerprint density at radius 2 is 1.74 bits per heavy atom. The van der Waals surface area contributed by atoms with Crippen molar-refractivity contribution in [3.05, 3.63) is 71.7 Å². The highest BCUT2D eigenvalue weighted by Gasteiger charge is 2.26. The number of nitrogens with zero attached hydrogens (tertiary/aromatic N) is 1. The number of fused-ring (bicyclic) bond motifs is 1. The molecule has 0 saturated heterocycles. The Bertz CT molecular complexity index is 690. The van der Waals surface area contributed by atoms with Gasteiger partial charge in [-0.1, -0.05) is 18.2 Å². The number of hydrogen-bond acceptors (Lipinski definition) is 4. The summed E-state index contributed by atoms with van der Waals surface area (Å²) in [5, 5.41) is 2.95. The number of allylic oxidation sites excluding steroid dienone is 2. The summed E-state index contributed by atoms with van der Waals surface area (Å²) in [5.41, 5.74) is 1.57. The van der Waals surface area contributed by atoms with Crippen molar-refractivity contribution in [2.45, 2.75) is 0 Å². The molecule has 4 nitrogen and oxygen atoms in total. The highest BCUT2D eigenvalue weighted by atomic mass is 16.1. The summed E-state index contributed by atoms with van der Waals surface area (Å²) < 4.78 is 0. The molecule has 0 unspecified atom stereocenters. The summed E-state index contributed by atoms with van der Waals surface area (Å²) in [6.07, 6.45) is 2.83. The van der Waals surface area contributed by atoms with Gasteiger partial charge in [0.05, 0.1) is 11.3 Å². The predicted molar refractivity (Wildman–Crippen MR) is 71.0 cm³/mol. The zero-order valence-corrected chi connectivity index (χ0v) is 9.96. The van der Waals surface area contributed by atoms with Crippen molar-refractivity contribution in [3.8, 4) is 0 Å². The molecule has 1 aliphatic carbocycles. The van der Waals surface area contributed by atoms with Crippen LogP contribution in [0, 0.1) is 0 Å². The zero-order chi connectivity index (χ0) is 13.2. The van der Waals surface area contributed by atoms with E-state index in [4.69, 9.17) is 0 Å². The second-order valence-electron chi connectivity index (χ2n) is 4.14. The molecule has 0 bridgehead atoms. The number of carbonyl (C=O) groups excluding carboxylic acids is 2. The van der Waals surface area contributed by atoms with Gasteiger partial charge in [0.25, 0.3) is 0 Å². The van der Waals surface area contributed by atoms with Crippen LogP contribution >= 0.6 is 0 Å². The standard InChI is InChI=1S/C15H10N2O2/c18-13-9-12(17-10-5-2-1-3-6-10)15(19)14-11(13)7-4-8-16-14/h1-9,17H. The Hall–Kier alpha value is -2.75. The van der Waals surface area contributed by atoms with Gasteiger partial charge in [0.1, 0.15) is 5.69 Å². The van der Waals surface area contributed by atoms with E-state index >= 15 is 0 Å². The predicted octanol–water partition coefficient (Wildman–Crippen LogP) is 2.46. The van der Waals surface area contributed by atoms with Crippen LogP contribution in [0.5, 0.6) is 0 Å². The molecule has 2 aromatic rings. The first-order valence-corrected chi connectivity index (χ1v) is 5.83. The van der Waals surface area contributed by atoms with Gasteiger partial charge in [-0.3, -0.25) is 14.6 Å². The lowest BCUT2D eigenvalue weighted by Crippen LogP contribution is -2.22. The van der Waals surface area contributed by atoms with E-state index in [1.807, 2.05) is 30.3 Å². The van der Waals surface area contributed by atoms with Crippen molar-refractivity contribution in [1.82, 2.24) is 4.98 Å². The van der Waals surface area contributed by atoms with Gasteiger partial charge in [-0.05, 0) is 24.3 Å². The van der Waals surface area contributed by atoms with Gasteiger partial charge in [-0.2, -0.15) is 0 Å². The minimum absolute atomic E-state index is 0.202. The van der Waals surface area contributed by atoms with Crippen LogP contribution in [-0.2, 0) is 0 Å². The molecule has 0 saturated carbocycles. The maximum absolute atomic E-state index is 12.2. The van der Waals surface area contributed by atoms with Gasteiger partial charge in [-0.15, -0.1) is 0 Å². The van der Waals surface area contributed by atoms with Gasteiger partial charge >= 0.3 is 0 Å². The van der Waals surface area contributed by atoms with Gasteiger partial charge in [0.15, 0.2) is 5.78 Å². The summed E-state index contributed by atoms with van der Waals surface area (Å²) in [7, 11) is 0. The average Bonchev–Trinajstić information content (AvgIpc) is 2.46. The summed E-state index contributed by atoms with van der Waals surface area (Å²) in [4.78, 5) is 28.1. The van der Waals surface area contributed by atoms with Crippen LogP contribution in [0.25, 0.3) is 0 Å². The molecule has 1 aromatic carbocycles. The lowest BCUT2D eigenvalue weighted by Gasteiger charge is -2.15. The van der Waals surface area contributed by atoms with Gasteiger partial charge in [0, 0.05) is 18.0 Å². The Kier molecular flexibility index (Phi) is 2.68. The van der Waals surface area contributed by atoms with Gasteiger partial charge < -0.3 is 5.32 Å². The molecule has 4 heteroatoms. The van der Waals surface area contributed by atoms with Crippen LogP contribution in [-0.4, -0.2) is 16.6 Å². The number of benzene rings is 1. The smallest absolute Gasteiger partial charge is 0.228 e. The largest absolute Gasteiger partial charge is 0.352 e. The van der Waals surface area contributed by atoms with Gasteiger partial charge in [0.2, 0.25) is 5.78 Å². The molecule has 1 aliphatic rings. The third-order valence-corrected chi connectivity index (χ3v) is 2.86. The van der Waals surface area contributed by atoms with Crippen LogP contribution in [0.1, 0.15) is 20.8 Å².